The van der Waals surface area contributed by atoms with Crippen LogP contribution in [0.25, 0.3) is 11.3 Å². The first-order valence-electron chi connectivity index (χ1n) is 7.00. The van der Waals surface area contributed by atoms with Gasteiger partial charge in [-0.15, -0.1) is 13.2 Å². The second-order valence-corrected chi connectivity index (χ2v) is 4.85. The minimum absolute atomic E-state index is 0.277. The Bertz CT molecular complexity index is 805. The summed E-state index contributed by atoms with van der Waals surface area (Å²) in [5.41, 5.74) is 2.27. The lowest BCUT2D eigenvalue weighted by Crippen LogP contribution is -2.16. The number of anilines is 2. The van der Waals surface area contributed by atoms with Crippen molar-refractivity contribution in [3.05, 3.63) is 67.0 Å². The van der Waals surface area contributed by atoms with Crippen LogP contribution in [0.5, 0.6) is 5.75 Å². The van der Waals surface area contributed by atoms with E-state index in [2.05, 4.69) is 20.0 Å². The lowest BCUT2D eigenvalue weighted by atomic mass is 10.1. The Labute approximate surface area is 136 Å². The van der Waals surface area contributed by atoms with E-state index in [9.17, 15) is 13.2 Å². The van der Waals surface area contributed by atoms with Gasteiger partial charge in [0.1, 0.15) is 17.9 Å². The van der Waals surface area contributed by atoms with E-state index in [-0.39, 0.29) is 5.75 Å². The fourth-order valence-electron chi connectivity index (χ4n) is 2.08. The summed E-state index contributed by atoms with van der Waals surface area (Å²) in [6.07, 6.45) is -3.28. The van der Waals surface area contributed by atoms with Crippen molar-refractivity contribution in [2.45, 2.75) is 6.36 Å². The lowest BCUT2D eigenvalue weighted by Gasteiger charge is -2.10. The van der Waals surface area contributed by atoms with Crippen LogP contribution in [0, 0.1) is 0 Å². The maximum atomic E-state index is 12.1. The number of ether oxygens (including phenoxy) is 1. The van der Waals surface area contributed by atoms with Crippen LogP contribution in [0.1, 0.15) is 0 Å². The smallest absolute Gasteiger partial charge is 0.406 e. The molecule has 0 saturated heterocycles. The summed E-state index contributed by atoms with van der Waals surface area (Å²) in [5.74, 6) is 0.258. The zero-order chi connectivity index (χ0) is 17.0. The Balaban J connectivity index is 1.75. The van der Waals surface area contributed by atoms with Crippen LogP contribution < -0.4 is 10.1 Å². The van der Waals surface area contributed by atoms with Crippen molar-refractivity contribution < 1.29 is 17.9 Å². The van der Waals surface area contributed by atoms with Gasteiger partial charge >= 0.3 is 6.36 Å². The van der Waals surface area contributed by atoms with Crippen molar-refractivity contribution in [3.8, 4) is 17.0 Å². The molecular weight excluding hydrogens is 319 g/mol. The normalized spacial score (nSPS) is 11.1. The van der Waals surface area contributed by atoms with Crippen LogP contribution >= 0.6 is 0 Å². The van der Waals surface area contributed by atoms with E-state index in [0.717, 1.165) is 11.3 Å². The lowest BCUT2D eigenvalue weighted by molar-refractivity contribution is -0.274. The molecule has 24 heavy (non-hydrogen) atoms. The van der Waals surface area contributed by atoms with Crippen molar-refractivity contribution >= 4 is 11.5 Å². The van der Waals surface area contributed by atoms with Crippen molar-refractivity contribution in [1.29, 1.82) is 0 Å². The van der Waals surface area contributed by atoms with Crippen LogP contribution in [0.2, 0.25) is 0 Å². The highest BCUT2D eigenvalue weighted by Gasteiger charge is 2.30. The summed E-state index contributed by atoms with van der Waals surface area (Å²) in [6, 6.07) is 16.8. The van der Waals surface area contributed by atoms with Crippen LogP contribution in [0.15, 0.2) is 67.0 Å². The Morgan fingerprint density at radius 1 is 0.875 bits per heavy atom. The standard InChI is InChI=1S/C17H12F3N3O/c18-17(19,20)24-14-8-6-13(7-9-14)23-16-10-15(21-11-22-16)12-4-2-1-3-5-12/h1-11H,(H,21,22,23). The van der Waals surface area contributed by atoms with E-state index in [1.807, 2.05) is 30.3 Å². The molecule has 3 aromatic rings. The summed E-state index contributed by atoms with van der Waals surface area (Å²) < 4.78 is 40.2. The monoisotopic (exact) mass is 331 g/mol. The molecule has 0 aliphatic carbocycles. The van der Waals surface area contributed by atoms with Gasteiger partial charge in [-0.05, 0) is 24.3 Å². The van der Waals surface area contributed by atoms with Crippen LogP contribution in [-0.4, -0.2) is 16.3 Å². The number of aromatic nitrogens is 2. The number of halogens is 3. The summed E-state index contributed by atoms with van der Waals surface area (Å²) >= 11 is 0. The quantitative estimate of drug-likeness (QED) is 0.747. The SMILES string of the molecule is FC(F)(F)Oc1ccc(Nc2cc(-c3ccccc3)ncn2)cc1. The predicted molar refractivity (Wildman–Crippen MR) is 83.9 cm³/mol. The van der Waals surface area contributed by atoms with Gasteiger partial charge in [-0.1, -0.05) is 30.3 Å². The molecule has 1 heterocycles. The average molecular weight is 331 g/mol. The summed E-state index contributed by atoms with van der Waals surface area (Å²) in [6.45, 7) is 0. The average Bonchev–Trinajstić information content (AvgIpc) is 2.56. The number of nitrogens with zero attached hydrogens (tertiary/aromatic N) is 2. The van der Waals surface area contributed by atoms with E-state index in [1.54, 1.807) is 6.07 Å². The number of benzene rings is 2. The number of hydrogen-bond donors (Lipinski definition) is 1. The first-order valence-corrected chi connectivity index (χ1v) is 7.00. The number of rotatable bonds is 4. The molecule has 3 rings (SSSR count). The number of hydrogen-bond acceptors (Lipinski definition) is 4. The molecule has 0 aliphatic rings. The zero-order valence-corrected chi connectivity index (χ0v) is 12.3. The molecule has 1 aromatic heterocycles. The fourth-order valence-corrected chi connectivity index (χ4v) is 2.08. The third-order valence-electron chi connectivity index (χ3n) is 3.10. The molecule has 4 nitrogen and oxygen atoms in total. The van der Waals surface area contributed by atoms with E-state index < -0.39 is 6.36 Å². The van der Waals surface area contributed by atoms with Gasteiger partial charge in [-0.3, -0.25) is 0 Å². The maximum Gasteiger partial charge on any atom is 0.573 e. The third kappa shape index (κ3) is 4.22. The predicted octanol–water partition coefficient (Wildman–Crippen LogP) is 4.79. The molecule has 0 aliphatic heterocycles. The Kier molecular flexibility index (Phi) is 4.33. The van der Waals surface area contributed by atoms with Gasteiger partial charge in [-0.2, -0.15) is 0 Å². The van der Waals surface area contributed by atoms with Gasteiger partial charge in [0, 0.05) is 17.3 Å². The third-order valence-corrected chi connectivity index (χ3v) is 3.10. The van der Waals surface area contributed by atoms with Gasteiger partial charge in [0.25, 0.3) is 0 Å². The Hall–Kier alpha value is -3.09. The van der Waals surface area contributed by atoms with Gasteiger partial charge in [-0.25, -0.2) is 9.97 Å². The second-order valence-electron chi connectivity index (χ2n) is 4.85. The first-order chi connectivity index (χ1) is 11.5. The van der Waals surface area contributed by atoms with E-state index in [1.165, 1.54) is 30.6 Å². The number of nitrogens with one attached hydrogen (secondary N) is 1. The maximum absolute atomic E-state index is 12.1. The highest BCUT2D eigenvalue weighted by molar-refractivity contribution is 5.65. The molecule has 0 amide bonds. The largest absolute Gasteiger partial charge is 0.573 e. The van der Waals surface area contributed by atoms with Crippen LogP contribution in [0.4, 0.5) is 24.7 Å². The van der Waals surface area contributed by atoms with E-state index in [4.69, 9.17) is 0 Å². The van der Waals surface area contributed by atoms with Crippen LogP contribution in [-0.2, 0) is 0 Å². The first kappa shape index (κ1) is 15.8. The van der Waals surface area contributed by atoms with Crippen molar-refractivity contribution in [2.24, 2.45) is 0 Å². The zero-order valence-electron chi connectivity index (χ0n) is 12.3. The minimum Gasteiger partial charge on any atom is -0.406 e. The molecule has 0 fully saturated rings. The molecule has 0 unspecified atom stereocenters. The van der Waals surface area contributed by atoms with Gasteiger partial charge in [0.2, 0.25) is 0 Å². The molecule has 7 heteroatoms. The van der Waals surface area contributed by atoms with E-state index in [0.29, 0.717) is 11.5 Å². The highest BCUT2D eigenvalue weighted by atomic mass is 19.4. The molecule has 0 atom stereocenters. The van der Waals surface area contributed by atoms with Gasteiger partial charge in [0.05, 0.1) is 5.69 Å². The molecule has 0 spiro atoms. The molecule has 0 saturated carbocycles. The van der Waals surface area contributed by atoms with Crippen molar-refractivity contribution in [2.75, 3.05) is 5.32 Å². The number of alkyl halides is 3. The highest BCUT2D eigenvalue weighted by Crippen LogP contribution is 2.25. The van der Waals surface area contributed by atoms with Gasteiger partial charge in [0.15, 0.2) is 0 Å². The Morgan fingerprint density at radius 3 is 2.25 bits per heavy atom. The fraction of sp³-hybridized carbons (Fsp3) is 0.0588. The minimum atomic E-state index is -4.70. The topological polar surface area (TPSA) is 47.0 Å². The van der Waals surface area contributed by atoms with Crippen molar-refractivity contribution in [1.82, 2.24) is 9.97 Å². The summed E-state index contributed by atoms with van der Waals surface area (Å²) in [7, 11) is 0. The second kappa shape index (κ2) is 6.57. The molecule has 1 N–H and O–H groups in total. The molecule has 0 radical (unpaired) electrons. The summed E-state index contributed by atoms with van der Waals surface area (Å²) in [4.78, 5) is 8.32. The molecule has 2 aromatic carbocycles. The molecule has 122 valence electrons. The van der Waals surface area contributed by atoms with Crippen LogP contribution in [0.3, 0.4) is 0 Å². The Morgan fingerprint density at radius 2 is 1.58 bits per heavy atom. The molecule has 0 bridgehead atoms. The molecular formula is C17H12F3N3O. The summed E-state index contributed by atoms with van der Waals surface area (Å²) in [5, 5.41) is 3.02. The van der Waals surface area contributed by atoms with Gasteiger partial charge < -0.3 is 10.1 Å². The van der Waals surface area contributed by atoms with E-state index >= 15 is 0 Å². The van der Waals surface area contributed by atoms with Crippen molar-refractivity contribution in [3.63, 3.8) is 0 Å².